The molecule has 1 rings (SSSR count). The molecule has 0 aromatic heterocycles. The van der Waals surface area contributed by atoms with Crippen LogP contribution in [0.15, 0.2) is 24.3 Å². The molecule has 0 heterocycles. The standard InChI is InChI=1S/C19H34/c1-3-5-7-8-9-11-13-19-16-14-18(15-17-19)12-10-6-4-2/h4,6,8-9,18-19H,3,5,7,10-17H2,1-2H3/b6-4+,9-8+. The van der Waals surface area contributed by atoms with E-state index in [1.165, 1.54) is 70.6 Å². The Bertz CT molecular complexity index is 241. The molecule has 0 aromatic carbocycles. The highest BCUT2D eigenvalue weighted by Gasteiger charge is 2.19. The summed E-state index contributed by atoms with van der Waals surface area (Å²) in [7, 11) is 0. The Kier molecular flexibility index (Phi) is 9.85. The lowest BCUT2D eigenvalue weighted by Gasteiger charge is -2.28. The van der Waals surface area contributed by atoms with E-state index in [1.807, 2.05) is 0 Å². The molecule has 0 aromatic rings. The van der Waals surface area contributed by atoms with Gasteiger partial charge in [0.25, 0.3) is 0 Å². The maximum absolute atomic E-state index is 2.42. The first-order valence-electron chi connectivity index (χ1n) is 8.63. The predicted molar refractivity (Wildman–Crippen MR) is 87.4 cm³/mol. The summed E-state index contributed by atoms with van der Waals surface area (Å²) in [5.74, 6) is 2.04. The minimum absolute atomic E-state index is 1.02. The number of hydrogen-bond acceptors (Lipinski definition) is 0. The van der Waals surface area contributed by atoms with Gasteiger partial charge in [0.15, 0.2) is 0 Å². The Hall–Kier alpha value is -0.520. The number of unbranched alkanes of at least 4 members (excludes halogenated alkanes) is 2. The van der Waals surface area contributed by atoms with Crippen molar-refractivity contribution in [2.24, 2.45) is 11.8 Å². The second kappa shape index (κ2) is 11.3. The fourth-order valence-electron chi connectivity index (χ4n) is 3.20. The van der Waals surface area contributed by atoms with Crippen LogP contribution in [0.1, 0.15) is 84.5 Å². The van der Waals surface area contributed by atoms with Crippen molar-refractivity contribution in [1.29, 1.82) is 0 Å². The Balaban J connectivity index is 2.01. The molecule has 19 heavy (non-hydrogen) atoms. The van der Waals surface area contributed by atoms with Crippen LogP contribution in [-0.2, 0) is 0 Å². The van der Waals surface area contributed by atoms with Gasteiger partial charge in [-0.05, 0) is 50.9 Å². The van der Waals surface area contributed by atoms with E-state index in [0.29, 0.717) is 0 Å². The van der Waals surface area contributed by atoms with Crippen molar-refractivity contribution in [1.82, 2.24) is 0 Å². The van der Waals surface area contributed by atoms with Gasteiger partial charge in [0.1, 0.15) is 0 Å². The Labute approximate surface area is 121 Å². The SMILES string of the molecule is C/C=C/CCC1CCC(CC/C=C/CCCC)CC1. The molecule has 0 unspecified atom stereocenters. The van der Waals surface area contributed by atoms with Crippen LogP contribution in [0.5, 0.6) is 0 Å². The highest BCUT2D eigenvalue weighted by Crippen LogP contribution is 2.33. The number of allylic oxidation sites excluding steroid dienone is 4. The molecule has 1 saturated carbocycles. The Morgan fingerprint density at radius 2 is 1.32 bits per heavy atom. The molecule has 0 spiro atoms. The molecule has 0 heteroatoms. The zero-order chi connectivity index (χ0) is 13.8. The van der Waals surface area contributed by atoms with E-state index < -0.39 is 0 Å². The molecule has 0 amide bonds. The van der Waals surface area contributed by atoms with E-state index in [1.54, 1.807) is 0 Å². The van der Waals surface area contributed by atoms with Crippen LogP contribution in [0.25, 0.3) is 0 Å². The van der Waals surface area contributed by atoms with Gasteiger partial charge in [-0.3, -0.25) is 0 Å². The average molecular weight is 262 g/mol. The van der Waals surface area contributed by atoms with Crippen LogP contribution in [0, 0.1) is 11.8 Å². The van der Waals surface area contributed by atoms with Gasteiger partial charge < -0.3 is 0 Å². The minimum Gasteiger partial charge on any atom is -0.0917 e. The molecule has 0 N–H and O–H groups in total. The van der Waals surface area contributed by atoms with Crippen molar-refractivity contribution in [2.75, 3.05) is 0 Å². The topological polar surface area (TPSA) is 0 Å². The zero-order valence-corrected chi connectivity index (χ0v) is 13.2. The molecule has 0 atom stereocenters. The molecule has 1 aliphatic rings. The van der Waals surface area contributed by atoms with Gasteiger partial charge in [-0.15, -0.1) is 0 Å². The molecule has 110 valence electrons. The summed E-state index contributed by atoms with van der Waals surface area (Å²) in [5, 5.41) is 0. The molecular formula is C19H34. The summed E-state index contributed by atoms with van der Waals surface area (Å²) >= 11 is 0. The lowest BCUT2D eigenvalue weighted by Crippen LogP contribution is -2.14. The summed E-state index contributed by atoms with van der Waals surface area (Å²) in [4.78, 5) is 0. The van der Waals surface area contributed by atoms with Crippen molar-refractivity contribution in [2.45, 2.75) is 84.5 Å². The first-order chi connectivity index (χ1) is 9.36. The van der Waals surface area contributed by atoms with Gasteiger partial charge in [-0.1, -0.05) is 69.8 Å². The van der Waals surface area contributed by atoms with Gasteiger partial charge in [0.2, 0.25) is 0 Å². The van der Waals surface area contributed by atoms with E-state index in [4.69, 9.17) is 0 Å². The van der Waals surface area contributed by atoms with Crippen molar-refractivity contribution >= 4 is 0 Å². The molecule has 1 fully saturated rings. The summed E-state index contributed by atoms with van der Waals surface area (Å²) in [5.41, 5.74) is 0. The fourth-order valence-corrected chi connectivity index (χ4v) is 3.20. The smallest absolute Gasteiger partial charge is 0.0348 e. The summed E-state index contributed by atoms with van der Waals surface area (Å²) in [6, 6.07) is 0. The van der Waals surface area contributed by atoms with E-state index in [-0.39, 0.29) is 0 Å². The molecule has 0 aliphatic heterocycles. The first-order valence-corrected chi connectivity index (χ1v) is 8.63. The Morgan fingerprint density at radius 1 is 0.789 bits per heavy atom. The lowest BCUT2D eigenvalue weighted by molar-refractivity contribution is 0.255. The summed E-state index contributed by atoms with van der Waals surface area (Å²) < 4.78 is 0. The van der Waals surface area contributed by atoms with Crippen LogP contribution >= 0.6 is 0 Å². The second-order valence-corrected chi connectivity index (χ2v) is 6.22. The van der Waals surface area contributed by atoms with E-state index >= 15 is 0 Å². The van der Waals surface area contributed by atoms with Gasteiger partial charge in [-0.2, -0.15) is 0 Å². The third-order valence-electron chi connectivity index (χ3n) is 4.58. The Morgan fingerprint density at radius 3 is 1.84 bits per heavy atom. The monoisotopic (exact) mass is 262 g/mol. The lowest BCUT2D eigenvalue weighted by atomic mass is 9.78. The van der Waals surface area contributed by atoms with Crippen molar-refractivity contribution in [3.05, 3.63) is 24.3 Å². The number of rotatable bonds is 9. The van der Waals surface area contributed by atoms with Gasteiger partial charge >= 0.3 is 0 Å². The average Bonchev–Trinajstić information content (AvgIpc) is 2.44. The fraction of sp³-hybridized carbons (Fsp3) is 0.789. The normalized spacial score (nSPS) is 24.5. The third-order valence-corrected chi connectivity index (χ3v) is 4.58. The first kappa shape index (κ1) is 16.5. The minimum atomic E-state index is 1.02. The third kappa shape index (κ3) is 8.29. The largest absolute Gasteiger partial charge is 0.0917 e. The van der Waals surface area contributed by atoms with Crippen LogP contribution in [0.3, 0.4) is 0 Å². The van der Waals surface area contributed by atoms with Crippen LogP contribution in [0.4, 0.5) is 0 Å². The quantitative estimate of drug-likeness (QED) is 0.321. The predicted octanol–water partition coefficient (Wildman–Crippen LogP) is 6.68. The maximum atomic E-state index is 2.42. The van der Waals surface area contributed by atoms with Gasteiger partial charge in [-0.25, -0.2) is 0 Å². The van der Waals surface area contributed by atoms with E-state index in [2.05, 4.69) is 38.2 Å². The maximum Gasteiger partial charge on any atom is -0.0348 e. The molecule has 0 nitrogen and oxygen atoms in total. The van der Waals surface area contributed by atoms with Crippen molar-refractivity contribution in [3.8, 4) is 0 Å². The highest BCUT2D eigenvalue weighted by molar-refractivity contribution is 4.84. The molecule has 0 bridgehead atoms. The summed E-state index contributed by atoms with van der Waals surface area (Å²) in [6.07, 6.45) is 24.7. The van der Waals surface area contributed by atoms with Crippen LogP contribution in [-0.4, -0.2) is 0 Å². The molecule has 0 saturated heterocycles. The van der Waals surface area contributed by atoms with Gasteiger partial charge in [0.05, 0.1) is 0 Å². The van der Waals surface area contributed by atoms with Crippen molar-refractivity contribution < 1.29 is 0 Å². The van der Waals surface area contributed by atoms with E-state index in [9.17, 15) is 0 Å². The van der Waals surface area contributed by atoms with Crippen LogP contribution in [0.2, 0.25) is 0 Å². The van der Waals surface area contributed by atoms with Crippen LogP contribution < -0.4 is 0 Å². The second-order valence-electron chi connectivity index (χ2n) is 6.22. The number of hydrogen-bond donors (Lipinski definition) is 0. The van der Waals surface area contributed by atoms with Crippen molar-refractivity contribution in [3.63, 3.8) is 0 Å². The molecular weight excluding hydrogens is 228 g/mol. The van der Waals surface area contributed by atoms with Gasteiger partial charge in [0, 0.05) is 0 Å². The molecule has 1 aliphatic carbocycles. The highest BCUT2D eigenvalue weighted by atomic mass is 14.2. The molecule has 0 radical (unpaired) electrons. The summed E-state index contributed by atoms with van der Waals surface area (Å²) in [6.45, 7) is 4.40. The zero-order valence-electron chi connectivity index (χ0n) is 13.2. The van der Waals surface area contributed by atoms with E-state index in [0.717, 1.165) is 11.8 Å².